The average Bonchev–Trinajstić information content (AvgIpc) is 2.69. The Balaban J connectivity index is 0.00000192. The molecule has 2 aliphatic heterocycles. The third kappa shape index (κ3) is 3.10. The van der Waals surface area contributed by atoms with Crippen molar-refractivity contribution in [1.82, 2.24) is 4.90 Å². The van der Waals surface area contributed by atoms with Crippen LogP contribution in [0.5, 0.6) is 0 Å². The van der Waals surface area contributed by atoms with E-state index >= 15 is 0 Å². The molecule has 0 aromatic carbocycles. The molecule has 0 spiro atoms. The minimum Gasteiger partial charge on any atom is -0.543 e. The fraction of sp³-hybridized carbons (Fsp3) is 0.750. The van der Waals surface area contributed by atoms with Crippen molar-refractivity contribution < 1.29 is 75.9 Å². The van der Waals surface area contributed by atoms with Crippen LogP contribution in [0, 0.1) is 11.8 Å². The first-order chi connectivity index (χ1) is 10.3. The predicted molar refractivity (Wildman–Crippen MR) is 75.2 cm³/mol. The number of aliphatic hydroxyl groups is 1. The van der Waals surface area contributed by atoms with Gasteiger partial charge in [0.2, 0.25) is 5.91 Å². The molecule has 2 heterocycles. The summed E-state index contributed by atoms with van der Waals surface area (Å²) in [5, 5.41) is 21.5. The molecule has 2 fully saturated rings. The van der Waals surface area contributed by atoms with Gasteiger partial charge in [0, 0.05) is 5.92 Å². The smallest absolute Gasteiger partial charge is 0.543 e. The van der Waals surface area contributed by atoms with E-state index in [0.717, 1.165) is 19.3 Å². The third-order valence-electron chi connectivity index (χ3n) is 4.99. The number of amides is 1. The standard InChI is InChI=1S/C16H23NO5.K/c1-7(2)22-10-6-4-5-9-12(10)14(16(20)21)17-13(9)11(8(3)18)15(17)19;/h7-11,13,18H,4-6H2,1-3H3,(H,20,21);/q;+1/p-1/t8?,9-,10+,11+,13+;/m0./s1. The molecule has 1 N–H and O–H groups in total. The molecule has 122 valence electrons. The maximum absolute atomic E-state index is 12.3. The summed E-state index contributed by atoms with van der Waals surface area (Å²) in [7, 11) is 0. The Morgan fingerprint density at radius 3 is 2.52 bits per heavy atom. The normalized spacial score (nSPS) is 33.8. The van der Waals surface area contributed by atoms with E-state index in [1.165, 1.54) is 4.90 Å². The molecule has 0 aromatic heterocycles. The second-order valence-corrected chi connectivity index (χ2v) is 6.77. The van der Waals surface area contributed by atoms with Crippen LogP contribution < -0.4 is 56.5 Å². The minimum absolute atomic E-state index is 0. The Kier molecular flexibility index (Phi) is 6.15. The number of carboxylic acid groups (broad SMARTS) is 1. The van der Waals surface area contributed by atoms with Gasteiger partial charge in [0.25, 0.3) is 0 Å². The molecule has 7 heteroatoms. The fourth-order valence-electron chi connectivity index (χ4n) is 4.29. The molecule has 0 aromatic rings. The summed E-state index contributed by atoms with van der Waals surface area (Å²) >= 11 is 0. The second kappa shape index (κ2) is 7.23. The van der Waals surface area contributed by atoms with Gasteiger partial charge in [-0.2, -0.15) is 0 Å². The molecule has 0 bridgehead atoms. The largest absolute Gasteiger partial charge is 1.00 e. The summed E-state index contributed by atoms with van der Waals surface area (Å²) < 4.78 is 5.89. The molecule has 1 saturated carbocycles. The van der Waals surface area contributed by atoms with Crippen LogP contribution in [0.25, 0.3) is 0 Å². The van der Waals surface area contributed by atoms with Gasteiger partial charge in [-0.05, 0) is 45.6 Å². The molecule has 1 aliphatic carbocycles. The van der Waals surface area contributed by atoms with Crippen LogP contribution in [0.3, 0.4) is 0 Å². The molecular formula is C16H22KNO5. The Morgan fingerprint density at radius 1 is 1.35 bits per heavy atom. The SMILES string of the molecule is CC(C)O[C@@H]1CCC[C@H]2C1=C(C(=O)[O-])N1C(=O)[C@H](C(C)O)[C@@H]21.[K+]. The minimum atomic E-state index is -1.32. The van der Waals surface area contributed by atoms with Crippen molar-refractivity contribution in [3.8, 4) is 0 Å². The van der Waals surface area contributed by atoms with Crippen LogP contribution in [0.4, 0.5) is 0 Å². The van der Waals surface area contributed by atoms with Crippen molar-refractivity contribution in [3.63, 3.8) is 0 Å². The van der Waals surface area contributed by atoms with Gasteiger partial charge in [-0.3, -0.25) is 4.79 Å². The van der Waals surface area contributed by atoms with Gasteiger partial charge in [-0.15, -0.1) is 0 Å². The topological polar surface area (TPSA) is 89.9 Å². The zero-order chi connectivity index (χ0) is 16.2. The number of nitrogens with zero attached hydrogens (tertiary/aromatic N) is 1. The van der Waals surface area contributed by atoms with Crippen LogP contribution in [-0.2, 0) is 14.3 Å². The third-order valence-corrected chi connectivity index (χ3v) is 4.99. The summed E-state index contributed by atoms with van der Waals surface area (Å²) in [5.74, 6) is -2.19. The number of carbonyl (C=O) groups excluding carboxylic acids is 2. The Bertz CT molecular complexity index is 545. The number of carbonyl (C=O) groups is 2. The molecular weight excluding hydrogens is 325 g/mol. The Morgan fingerprint density at radius 2 is 2.00 bits per heavy atom. The fourth-order valence-corrected chi connectivity index (χ4v) is 4.29. The number of rotatable bonds is 4. The number of aliphatic carboxylic acids is 1. The molecule has 6 nitrogen and oxygen atoms in total. The zero-order valence-electron chi connectivity index (χ0n) is 14.1. The number of hydrogen-bond donors (Lipinski definition) is 1. The molecule has 1 amide bonds. The second-order valence-electron chi connectivity index (χ2n) is 6.77. The number of ether oxygens (including phenoxy) is 1. The summed E-state index contributed by atoms with van der Waals surface area (Å²) in [6.45, 7) is 5.41. The molecule has 3 aliphatic rings. The number of carboxylic acids is 1. The zero-order valence-corrected chi connectivity index (χ0v) is 17.2. The van der Waals surface area contributed by atoms with Crippen LogP contribution in [0.1, 0.15) is 40.0 Å². The van der Waals surface area contributed by atoms with Gasteiger partial charge in [0.15, 0.2) is 0 Å². The van der Waals surface area contributed by atoms with Crippen LogP contribution in [-0.4, -0.2) is 46.2 Å². The maximum atomic E-state index is 12.3. The summed E-state index contributed by atoms with van der Waals surface area (Å²) in [6.07, 6.45) is 1.44. The first-order valence-corrected chi connectivity index (χ1v) is 7.96. The van der Waals surface area contributed by atoms with E-state index in [9.17, 15) is 19.8 Å². The van der Waals surface area contributed by atoms with Crippen molar-refractivity contribution in [2.75, 3.05) is 0 Å². The van der Waals surface area contributed by atoms with Crippen molar-refractivity contribution in [1.29, 1.82) is 0 Å². The number of fused-ring (bicyclic) bond motifs is 3. The van der Waals surface area contributed by atoms with Gasteiger partial charge in [0.05, 0.1) is 41.9 Å². The van der Waals surface area contributed by atoms with Crippen LogP contribution >= 0.6 is 0 Å². The van der Waals surface area contributed by atoms with Crippen molar-refractivity contribution in [2.24, 2.45) is 11.8 Å². The van der Waals surface area contributed by atoms with Gasteiger partial charge < -0.3 is 24.6 Å². The van der Waals surface area contributed by atoms with Gasteiger partial charge in [0.1, 0.15) is 0 Å². The molecule has 1 saturated heterocycles. The first-order valence-electron chi connectivity index (χ1n) is 7.96. The molecule has 1 unspecified atom stereocenters. The number of β-lactam (4-membered cyclic amide) rings is 1. The molecule has 0 radical (unpaired) electrons. The van der Waals surface area contributed by atoms with Crippen molar-refractivity contribution in [3.05, 3.63) is 11.3 Å². The van der Waals surface area contributed by atoms with E-state index in [1.54, 1.807) is 6.92 Å². The predicted octanol–water partition coefficient (Wildman–Crippen LogP) is -3.19. The van der Waals surface area contributed by atoms with Crippen molar-refractivity contribution in [2.45, 2.75) is 64.4 Å². The van der Waals surface area contributed by atoms with Gasteiger partial charge in [-0.25, -0.2) is 0 Å². The first kappa shape index (κ1) is 19.6. The van der Waals surface area contributed by atoms with E-state index in [4.69, 9.17) is 4.74 Å². The van der Waals surface area contributed by atoms with Crippen molar-refractivity contribution >= 4 is 11.9 Å². The summed E-state index contributed by atoms with van der Waals surface area (Å²) in [4.78, 5) is 25.2. The van der Waals surface area contributed by atoms with Gasteiger partial charge in [-0.1, -0.05) is 0 Å². The van der Waals surface area contributed by atoms with E-state index in [0.29, 0.717) is 5.57 Å². The van der Waals surface area contributed by atoms with E-state index in [-0.39, 0.29) is 87.2 Å². The summed E-state index contributed by atoms with van der Waals surface area (Å²) in [5.41, 5.74) is 0.684. The quantitative estimate of drug-likeness (QED) is 0.428. The van der Waals surface area contributed by atoms with Gasteiger partial charge >= 0.3 is 51.4 Å². The van der Waals surface area contributed by atoms with E-state index in [1.807, 2.05) is 13.8 Å². The van der Waals surface area contributed by atoms with Crippen LogP contribution in [0.15, 0.2) is 11.3 Å². The number of hydrogen-bond acceptors (Lipinski definition) is 5. The molecule has 23 heavy (non-hydrogen) atoms. The Hall–Kier alpha value is 0.236. The molecule has 3 rings (SSSR count). The number of aliphatic hydroxyl groups excluding tert-OH is 1. The van der Waals surface area contributed by atoms with E-state index in [2.05, 4.69) is 0 Å². The van der Waals surface area contributed by atoms with E-state index < -0.39 is 18.0 Å². The molecule has 5 atom stereocenters. The Labute approximate surface area is 178 Å². The monoisotopic (exact) mass is 347 g/mol. The maximum Gasteiger partial charge on any atom is 1.00 e. The summed E-state index contributed by atoms with van der Waals surface area (Å²) in [6, 6.07) is -0.256. The van der Waals surface area contributed by atoms with Crippen LogP contribution in [0.2, 0.25) is 0 Å². The average molecular weight is 347 g/mol.